The summed E-state index contributed by atoms with van der Waals surface area (Å²) in [7, 11) is 0. The molecule has 1 aromatic rings. The second kappa shape index (κ2) is 5.25. The topological polar surface area (TPSA) is 38.5 Å². The summed E-state index contributed by atoms with van der Waals surface area (Å²) < 4.78 is 5.87. The number of nitrogens with two attached hydrogens (primary N) is 1. The fourth-order valence-electron chi connectivity index (χ4n) is 3.29. The Bertz CT molecular complexity index is 454. The Labute approximate surface area is 119 Å². The van der Waals surface area contributed by atoms with E-state index < -0.39 is 0 Å². The van der Waals surface area contributed by atoms with Crippen LogP contribution >= 0.6 is 11.8 Å². The largest absolute Gasteiger partial charge is 0.491 e. The van der Waals surface area contributed by atoms with Crippen LogP contribution in [0.2, 0.25) is 0 Å². The maximum atomic E-state index is 6.20. The van der Waals surface area contributed by atoms with Gasteiger partial charge in [-0.15, -0.1) is 0 Å². The van der Waals surface area contributed by atoms with E-state index >= 15 is 0 Å². The van der Waals surface area contributed by atoms with E-state index in [1.807, 2.05) is 17.8 Å². The molecule has 2 heterocycles. The molecule has 104 valence electrons. The lowest BCUT2D eigenvalue weighted by molar-refractivity contribution is 0.320. The number of hydrogen-bond acceptors (Lipinski definition) is 4. The van der Waals surface area contributed by atoms with Gasteiger partial charge >= 0.3 is 0 Å². The monoisotopic (exact) mass is 278 g/mol. The molecule has 0 spiro atoms. The molecule has 2 atom stereocenters. The third kappa shape index (κ3) is 2.11. The minimum Gasteiger partial charge on any atom is -0.491 e. The molecule has 0 saturated carbocycles. The molecule has 3 nitrogen and oxygen atoms in total. The lowest BCUT2D eigenvalue weighted by Gasteiger charge is -2.44. The highest BCUT2D eigenvalue weighted by atomic mass is 32.2. The quantitative estimate of drug-likeness (QED) is 0.902. The standard InChI is InChI=1S/C15H22N2OS/c1-12-15(11-16,7-10-19-12)17-8-4-9-18-14-6-3-2-5-13(14)17/h2-3,5-6,12H,4,7-11,16H2,1H3. The summed E-state index contributed by atoms with van der Waals surface area (Å²) in [4.78, 5) is 2.53. The van der Waals surface area contributed by atoms with Crippen molar-refractivity contribution in [2.24, 2.45) is 5.73 Å². The second-order valence-corrected chi connectivity index (χ2v) is 6.84. The molecule has 1 saturated heterocycles. The molecule has 0 radical (unpaired) electrons. The zero-order chi connectivity index (χ0) is 13.3. The Morgan fingerprint density at radius 1 is 1.47 bits per heavy atom. The Kier molecular flexibility index (Phi) is 3.63. The van der Waals surface area contributed by atoms with Crippen molar-refractivity contribution < 1.29 is 4.74 Å². The molecule has 3 rings (SSSR count). The molecule has 19 heavy (non-hydrogen) atoms. The normalized spacial score (nSPS) is 30.6. The van der Waals surface area contributed by atoms with Crippen molar-refractivity contribution >= 4 is 17.4 Å². The highest BCUT2D eigenvalue weighted by molar-refractivity contribution is 8.00. The average Bonchev–Trinajstić information content (AvgIpc) is 2.69. The van der Waals surface area contributed by atoms with E-state index in [0.29, 0.717) is 5.25 Å². The highest BCUT2D eigenvalue weighted by Gasteiger charge is 2.45. The smallest absolute Gasteiger partial charge is 0.142 e. The van der Waals surface area contributed by atoms with Gasteiger partial charge in [-0.3, -0.25) is 0 Å². The van der Waals surface area contributed by atoms with E-state index in [0.717, 1.165) is 31.9 Å². The van der Waals surface area contributed by atoms with Crippen LogP contribution in [0.3, 0.4) is 0 Å². The van der Waals surface area contributed by atoms with Crippen LogP contribution in [-0.2, 0) is 0 Å². The number of para-hydroxylation sites is 2. The van der Waals surface area contributed by atoms with Crippen LogP contribution in [0.1, 0.15) is 19.8 Å². The van der Waals surface area contributed by atoms with Gasteiger partial charge in [0, 0.05) is 18.3 Å². The average molecular weight is 278 g/mol. The predicted octanol–water partition coefficient (Wildman–Crippen LogP) is 2.50. The molecule has 1 aromatic carbocycles. The van der Waals surface area contributed by atoms with E-state index in [9.17, 15) is 0 Å². The Balaban J connectivity index is 2.04. The maximum Gasteiger partial charge on any atom is 0.142 e. The summed E-state index contributed by atoms with van der Waals surface area (Å²) in [6, 6.07) is 8.39. The van der Waals surface area contributed by atoms with Crippen LogP contribution in [-0.4, -0.2) is 36.2 Å². The van der Waals surface area contributed by atoms with Gasteiger partial charge in [-0.05, 0) is 30.7 Å². The number of hydrogen-bond donors (Lipinski definition) is 1. The lowest BCUT2D eigenvalue weighted by Crippen LogP contribution is -2.58. The van der Waals surface area contributed by atoms with Crippen LogP contribution in [0.4, 0.5) is 5.69 Å². The first-order valence-corrected chi connectivity index (χ1v) is 8.14. The molecule has 1 fully saturated rings. The number of fused-ring (bicyclic) bond motifs is 1. The van der Waals surface area contributed by atoms with Crippen molar-refractivity contribution in [3.05, 3.63) is 24.3 Å². The molecule has 4 heteroatoms. The van der Waals surface area contributed by atoms with Gasteiger partial charge in [0.05, 0.1) is 17.8 Å². The number of nitrogens with zero attached hydrogens (tertiary/aromatic N) is 1. The van der Waals surface area contributed by atoms with Crippen molar-refractivity contribution in [1.29, 1.82) is 0 Å². The van der Waals surface area contributed by atoms with Gasteiger partial charge < -0.3 is 15.4 Å². The van der Waals surface area contributed by atoms with Gasteiger partial charge in [0.2, 0.25) is 0 Å². The van der Waals surface area contributed by atoms with Crippen molar-refractivity contribution in [3.8, 4) is 5.75 Å². The molecule has 2 aliphatic heterocycles. The first-order valence-electron chi connectivity index (χ1n) is 7.09. The van der Waals surface area contributed by atoms with Crippen LogP contribution < -0.4 is 15.4 Å². The summed E-state index contributed by atoms with van der Waals surface area (Å²) in [5.41, 5.74) is 7.52. The van der Waals surface area contributed by atoms with E-state index in [-0.39, 0.29) is 5.54 Å². The van der Waals surface area contributed by atoms with E-state index in [2.05, 4.69) is 30.0 Å². The minimum absolute atomic E-state index is 0.0917. The lowest BCUT2D eigenvalue weighted by atomic mass is 9.89. The van der Waals surface area contributed by atoms with Crippen LogP contribution in [0, 0.1) is 0 Å². The number of ether oxygens (including phenoxy) is 1. The summed E-state index contributed by atoms with van der Waals surface area (Å²) >= 11 is 2.04. The molecule has 2 unspecified atom stereocenters. The number of anilines is 1. The zero-order valence-corrected chi connectivity index (χ0v) is 12.3. The molecule has 2 aliphatic rings. The summed E-state index contributed by atoms with van der Waals surface area (Å²) in [5, 5.41) is 0.573. The molecule has 0 aliphatic carbocycles. The first kappa shape index (κ1) is 13.1. The molecule has 0 bridgehead atoms. The molecule has 0 amide bonds. The molecule has 0 aromatic heterocycles. The van der Waals surface area contributed by atoms with Crippen LogP contribution in [0.15, 0.2) is 24.3 Å². The van der Waals surface area contributed by atoms with Crippen molar-refractivity contribution in [3.63, 3.8) is 0 Å². The van der Waals surface area contributed by atoms with E-state index in [1.54, 1.807) is 0 Å². The van der Waals surface area contributed by atoms with Gasteiger partial charge in [0.25, 0.3) is 0 Å². The van der Waals surface area contributed by atoms with Gasteiger partial charge in [0.1, 0.15) is 5.75 Å². The number of thioether (sulfide) groups is 1. The fourth-order valence-corrected chi connectivity index (χ4v) is 4.77. The van der Waals surface area contributed by atoms with E-state index in [4.69, 9.17) is 10.5 Å². The summed E-state index contributed by atoms with van der Waals surface area (Å²) in [6.45, 7) is 4.88. The van der Waals surface area contributed by atoms with Crippen LogP contribution in [0.5, 0.6) is 5.75 Å². The first-order chi connectivity index (χ1) is 9.28. The highest BCUT2D eigenvalue weighted by Crippen LogP contribution is 2.44. The molecular formula is C15H22N2OS. The maximum absolute atomic E-state index is 6.20. The third-order valence-corrected chi connectivity index (χ3v) is 5.87. The molecule has 2 N–H and O–H groups in total. The van der Waals surface area contributed by atoms with Gasteiger partial charge in [-0.25, -0.2) is 0 Å². The Hall–Kier alpha value is -0.870. The fraction of sp³-hybridized carbons (Fsp3) is 0.600. The van der Waals surface area contributed by atoms with Gasteiger partial charge in [0.15, 0.2) is 0 Å². The van der Waals surface area contributed by atoms with Crippen molar-refractivity contribution in [1.82, 2.24) is 0 Å². The van der Waals surface area contributed by atoms with Crippen molar-refractivity contribution in [2.75, 3.05) is 30.3 Å². The second-order valence-electron chi connectivity index (χ2n) is 5.39. The van der Waals surface area contributed by atoms with Gasteiger partial charge in [-0.2, -0.15) is 11.8 Å². The summed E-state index contributed by atoms with van der Waals surface area (Å²) in [6.07, 6.45) is 2.23. The predicted molar refractivity (Wildman–Crippen MR) is 82.2 cm³/mol. The zero-order valence-electron chi connectivity index (χ0n) is 11.5. The number of benzene rings is 1. The van der Waals surface area contributed by atoms with Gasteiger partial charge in [-0.1, -0.05) is 19.1 Å². The minimum atomic E-state index is 0.0917. The SMILES string of the molecule is CC1SCCC1(CN)N1CCCOc2ccccc21. The Morgan fingerprint density at radius 3 is 3.05 bits per heavy atom. The Morgan fingerprint density at radius 2 is 2.32 bits per heavy atom. The molecular weight excluding hydrogens is 256 g/mol. The van der Waals surface area contributed by atoms with E-state index in [1.165, 1.54) is 17.9 Å². The van der Waals surface area contributed by atoms with Crippen molar-refractivity contribution in [2.45, 2.75) is 30.6 Å². The third-order valence-electron chi connectivity index (χ3n) is 4.49. The van der Waals surface area contributed by atoms with Crippen LogP contribution in [0.25, 0.3) is 0 Å². The number of rotatable bonds is 2. The summed E-state index contributed by atoms with van der Waals surface area (Å²) in [5.74, 6) is 2.22.